The van der Waals surface area contributed by atoms with Crippen LogP contribution < -0.4 is 0 Å². The summed E-state index contributed by atoms with van der Waals surface area (Å²) in [5, 5.41) is 0. The number of rotatable bonds is 3. The second-order valence-electron chi connectivity index (χ2n) is 5.20. The second-order valence-corrected chi connectivity index (χ2v) is 5.20. The Bertz CT molecular complexity index is 682. The van der Waals surface area contributed by atoms with Crippen LogP contribution in [0.3, 0.4) is 0 Å². The number of ether oxygens (including phenoxy) is 1. The highest BCUT2D eigenvalue weighted by Crippen LogP contribution is 2.31. The van der Waals surface area contributed by atoms with Crippen molar-refractivity contribution in [3.8, 4) is 0 Å². The number of carbonyl (C=O) groups excluding carboxylic acids is 2. The van der Waals surface area contributed by atoms with Gasteiger partial charge in [-0.15, -0.1) is 0 Å². The Morgan fingerprint density at radius 3 is 2.91 bits per heavy atom. The zero-order valence-electron chi connectivity index (χ0n) is 12.3. The molecule has 1 aromatic heterocycles. The molecule has 6 nitrogen and oxygen atoms in total. The summed E-state index contributed by atoms with van der Waals surface area (Å²) < 4.78 is 4.70. The van der Waals surface area contributed by atoms with Crippen molar-refractivity contribution < 1.29 is 14.3 Å². The molecule has 1 aromatic carbocycles. The van der Waals surface area contributed by atoms with Gasteiger partial charge in [0.25, 0.3) is 5.91 Å². The number of H-pyrrole nitrogens is 1. The smallest absolute Gasteiger partial charge is 0.337 e. The number of nitrogens with one attached hydrogen (secondary N) is 1. The van der Waals surface area contributed by atoms with E-state index < -0.39 is 5.97 Å². The number of aromatic amines is 1. The molecule has 0 unspecified atom stereocenters. The lowest BCUT2D eigenvalue weighted by molar-refractivity contribution is 0.0600. The van der Waals surface area contributed by atoms with Crippen molar-refractivity contribution in [2.24, 2.45) is 0 Å². The Hall–Kier alpha value is -2.63. The van der Waals surface area contributed by atoms with Gasteiger partial charge < -0.3 is 14.6 Å². The fourth-order valence-electron chi connectivity index (χ4n) is 2.82. The van der Waals surface area contributed by atoms with Gasteiger partial charge in [-0.3, -0.25) is 4.79 Å². The van der Waals surface area contributed by atoms with Crippen molar-refractivity contribution in [3.63, 3.8) is 0 Å². The van der Waals surface area contributed by atoms with Crippen LogP contribution in [0.5, 0.6) is 0 Å². The first kappa shape index (κ1) is 14.3. The SMILES string of the molecule is COC(=O)c1cccc(C(=O)N2CCC[C@H]2c2ncc[nH]2)c1. The van der Waals surface area contributed by atoms with E-state index in [9.17, 15) is 9.59 Å². The summed E-state index contributed by atoms with van der Waals surface area (Å²) in [5.41, 5.74) is 0.864. The summed E-state index contributed by atoms with van der Waals surface area (Å²) in [7, 11) is 1.32. The third-order valence-corrected chi connectivity index (χ3v) is 3.88. The molecule has 0 bridgehead atoms. The first-order valence-corrected chi connectivity index (χ1v) is 7.19. The number of carbonyl (C=O) groups is 2. The number of nitrogens with zero attached hydrogens (tertiary/aromatic N) is 2. The van der Waals surface area contributed by atoms with Crippen molar-refractivity contribution in [1.82, 2.24) is 14.9 Å². The van der Waals surface area contributed by atoms with Crippen LogP contribution in [0.4, 0.5) is 0 Å². The first-order chi connectivity index (χ1) is 10.7. The molecule has 114 valence electrons. The summed E-state index contributed by atoms with van der Waals surface area (Å²) in [4.78, 5) is 33.5. The number of hydrogen-bond acceptors (Lipinski definition) is 4. The summed E-state index contributed by atoms with van der Waals surface area (Å²) in [5.74, 6) is 0.262. The zero-order valence-corrected chi connectivity index (χ0v) is 12.3. The molecule has 1 fully saturated rings. The maximum absolute atomic E-state index is 12.7. The maximum Gasteiger partial charge on any atom is 0.337 e. The molecule has 1 N–H and O–H groups in total. The van der Waals surface area contributed by atoms with Crippen LogP contribution in [-0.2, 0) is 4.74 Å². The van der Waals surface area contributed by atoms with E-state index in [4.69, 9.17) is 4.74 Å². The van der Waals surface area contributed by atoms with E-state index in [2.05, 4.69) is 9.97 Å². The molecule has 1 aliphatic rings. The van der Waals surface area contributed by atoms with Gasteiger partial charge in [0.1, 0.15) is 5.82 Å². The highest BCUT2D eigenvalue weighted by Gasteiger charge is 2.32. The Morgan fingerprint density at radius 2 is 2.18 bits per heavy atom. The molecule has 1 atom stereocenters. The number of likely N-dealkylation sites (tertiary alicyclic amines) is 1. The van der Waals surface area contributed by atoms with Crippen LogP contribution in [0, 0.1) is 0 Å². The summed E-state index contributed by atoms with van der Waals surface area (Å²) in [6.45, 7) is 0.687. The van der Waals surface area contributed by atoms with Crippen LogP contribution in [-0.4, -0.2) is 40.4 Å². The Kier molecular flexibility index (Phi) is 3.91. The molecule has 22 heavy (non-hydrogen) atoms. The molecule has 1 saturated heterocycles. The van der Waals surface area contributed by atoms with Gasteiger partial charge in [0, 0.05) is 24.5 Å². The van der Waals surface area contributed by atoms with Crippen molar-refractivity contribution in [2.45, 2.75) is 18.9 Å². The largest absolute Gasteiger partial charge is 0.465 e. The van der Waals surface area contributed by atoms with E-state index >= 15 is 0 Å². The van der Waals surface area contributed by atoms with E-state index in [1.807, 2.05) is 0 Å². The standard InChI is InChI=1S/C16H17N3O3/c1-22-16(21)12-5-2-4-11(10-12)15(20)19-9-3-6-13(19)14-17-7-8-18-14/h2,4-5,7-8,10,13H,3,6,9H2,1H3,(H,17,18)/t13-/m0/s1. The van der Waals surface area contributed by atoms with E-state index in [0.717, 1.165) is 18.7 Å². The van der Waals surface area contributed by atoms with E-state index in [1.54, 1.807) is 41.6 Å². The van der Waals surface area contributed by atoms with Crippen LogP contribution >= 0.6 is 0 Å². The molecule has 2 aromatic rings. The molecule has 2 heterocycles. The van der Waals surface area contributed by atoms with Gasteiger partial charge in [-0.05, 0) is 31.0 Å². The normalized spacial score (nSPS) is 17.5. The fourth-order valence-corrected chi connectivity index (χ4v) is 2.82. The van der Waals surface area contributed by atoms with Gasteiger partial charge in [0.15, 0.2) is 0 Å². The van der Waals surface area contributed by atoms with Gasteiger partial charge in [-0.1, -0.05) is 6.07 Å². The fraction of sp³-hybridized carbons (Fsp3) is 0.312. The first-order valence-electron chi connectivity index (χ1n) is 7.19. The molecule has 1 amide bonds. The molecule has 0 saturated carbocycles. The van der Waals surface area contributed by atoms with Gasteiger partial charge in [-0.2, -0.15) is 0 Å². The molecule has 0 aliphatic carbocycles. The monoisotopic (exact) mass is 299 g/mol. The molecular weight excluding hydrogens is 282 g/mol. The molecule has 0 radical (unpaired) electrons. The zero-order chi connectivity index (χ0) is 15.5. The van der Waals surface area contributed by atoms with Gasteiger partial charge in [0.2, 0.25) is 0 Å². The minimum absolute atomic E-state index is 0.0377. The predicted octanol–water partition coefficient (Wildman–Crippen LogP) is 2.17. The minimum Gasteiger partial charge on any atom is -0.465 e. The van der Waals surface area contributed by atoms with Gasteiger partial charge in [-0.25, -0.2) is 9.78 Å². The number of esters is 1. The number of imidazole rings is 1. The lowest BCUT2D eigenvalue weighted by atomic mass is 10.1. The lowest BCUT2D eigenvalue weighted by Crippen LogP contribution is -2.31. The van der Waals surface area contributed by atoms with Crippen LogP contribution in [0.1, 0.15) is 45.4 Å². The van der Waals surface area contributed by atoms with E-state index in [1.165, 1.54) is 7.11 Å². The molecule has 0 spiro atoms. The van der Waals surface area contributed by atoms with Crippen LogP contribution in [0.25, 0.3) is 0 Å². The van der Waals surface area contributed by atoms with E-state index in [0.29, 0.717) is 17.7 Å². The van der Waals surface area contributed by atoms with Gasteiger partial charge in [0.05, 0.1) is 18.7 Å². The lowest BCUT2D eigenvalue weighted by Gasteiger charge is -2.23. The number of benzene rings is 1. The summed E-state index contributed by atoms with van der Waals surface area (Å²) in [6.07, 6.45) is 5.27. The summed E-state index contributed by atoms with van der Waals surface area (Å²) >= 11 is 0. The van der Waals surface area contributed by atoms with Crippen molar-refractivity contribution in [3.05, 3.63) is 53.6 Å². The number of amides is 1. The topological polar surface area (TPSA) is 75.3 Å². The Balaban J connectivity index is 1.86. The Morgan fingerprint density at radius 1 is 1.36 bits per heavy atom. The van der Waals surface area contributed by atoms with Crippen LogP contribution in [0.15, 0.2) is 36.7 Å². The maximum atomic E-state index is 12.7. The highest BCUT2D eigenvalue weighted by molar-refractivity contribution is 5.98. The molecule has 3 rings (SSSR count). The minimum atomic E-state index is -0.446. The second kappa shape index (κ2) is 6.01. The van der Waals surface area contributed by atoms with E-state index in [-0.39, 0.29) is 11.9 Å². The van der Waals surface area contributed by atoms with Crippen molar-refractivity contribution in [2.75, 3.05) is 13.7 Å². The highest BCUT2D eigenvalue weighted by atomic mass is 16.5. The summed E-state index contributed by atoms with van der Waals surface area (Å²) in [6, 6.07) is 6.58. The average molecular weight is 299 g/mol. The molecular formula is C16H17N3O3. The third kappa shape index (κ3) is 2.59. The predicted molar refractivity (Wildman–Crippen MR) is 79.4 cm³/mol. The third-order valence-electron chi connectivity index (χ3n) is 3.88. The number of hydrogen-bond donors (Lipinski definition) is 1. The number of aromatic nitrogens is 2. The quantitative estimate of drug-likeness (QED) is 0.881. The molecule has 6 heteroatoms. The number of methoxy groups -OCH3 is 1. The van der Waals surface area contributed by atoms with Gasteiger partial charge >= 0.3 is 5.97 Å². The van der Waals surface area contributed by atoms with Crippen molar-refractivity contribution >= 4 is 11.9 Å². The molecule has 1 aliphatic heterocycles. The van der Waals surface area contributed by atoms with Crippen molar-refractivity contribution in [1.29, 1.82) is 0 Å². The van der Waals surface area contributed by atoms with Crippen LogP contribution in [0.2, 0.25) is 0 Å². The average Bonchev–Trinajstić information content (AvgIpc) is 3.23. The Labute approximate surface area is 128 Å².